The minimum absolute atomic E-state index is 0.208. The Morgan fingerprint density at radius 3 is 2.61 bits per heavy atom. The van der Waals surface area contributed by atoms with Crippen molar-refractivity contribution >= 4 is 29.1 Å². The number of benzene rings is 2. The predicted octanol–water partition coefficient (Wildman–Crippen LogP) is 4.36. The van der Waals surface area contributed by atoms with Gasteiger partial charge in [0.2, 0.25) is 11.8 Å². The molecule has 4 nitrogen and oxygen atoms in total. The molecule has 2 atom stereocenters. The van der Waals surface area contributed by atoms with Gasteiger partial charge >= 0.3 is 6.18 Å². The third kappa shape index (κ3) is 4.11. The Kier molecular flexibility index (Phi) is 5.60. The average Bonchev–Trinajstić information content (AvgIpc) is 2.64. The molecule has 2 N–H and O–H groups in total. The lowest BCUT2D eigenvalue weighted by Gasteiger charge is -2.31. The topological polar surface area (TPSA) is 58.2 Å². The number of piperidine rings is 1. The summed E-state index contributed by atoms with van der Waals surface area (Å²) >= 11 is 5.68. The fraction of sp³-hybridized carbons (Fsp3) is 0.263. The van der Waals surface area contributed by atoms with Crippen LogP contribution in [0.5, 0.6) is 0 Å². The van der Waals surface area contributed by atoms with E-state index in [-0.39, 0.29) is 29.2 Å². The lowest BCUT2D eigenvalue weighted by atomic mass is 9.79. The highest BCUT2D eigenvalue weighted by molar-refractivity contribution is 6.31. The molecule has 2 amide bonds. The van der Waals surface area contributed by atoms with Crippen LogP contribution in [0.2, 0.25) is 5.02 Å². The van der Waals surface area contributed by atoms with E-state index in [4.69, 9.17) is 11.6 Å². The van der Waals surface area contributed by atoms with Crippen LogP contribution in [0.25, 0.3) is 0 Å². The highest BCUT2D eigenvalue weighted by atomic mass is 35.5. The summed E-state index contributed by atoms with van der Waals surface area (Å²) in [6.45, 7) is 0.217. The molecule has 1 heterocycles. The number of carbonyl (C=O) groups excluding carboxylic acids is 2. The van der Waals surface area contributed by atoms with E-state index in [1.54, 1.807) is 0 Å². The van der Waals surface area contributed by atoms with Gasteiger partial charge in [-0.05, 0) is 30.2 Å². The number of anilines is 1. The average molecular weight is 415 g/mol. The fourth-order valence-electron chi connectivity index (χ4n) is 3.23. The largest absolute Gasteiger partial charge is 0.416 e. The van der Waals surface area contributed by atoms with Gasteiger partial charge < -0.3 is 10.6 Å². The molecule has 2 aromatic rings. The maximum Gasteiger partial charge on any atom is 0.416 e. The Bertz CT molecular complexity index is 917. The van der Waals surface area contributed by atoms with Crippen molar-refractivity contribution in [1.29, 1.82) is 0 Å². The zero-order chi connectivity index (χ0) is 20.5. The highest BCUT2D eigenvalue weighted by Gasteiger charge is 2.40. The number of nitrogens with one attached hydrogen (secondary N) is 2. The van der Waals surface area contributed by atoms with Crippen LogP contribution in [0.3, 0.4) is 0 Å². The van der Waals surface area contributed by atoms with Gasteiger partial charge in [-0.3, -0.25) is 9.59 Å². The minimum Gasteiger partial charge on any atom is -0.355 e. The first-order chi connectivity index (χ1) is 13.2. The summed E-state index contributed by atoms with van der Waals surface area (Å²) in [5, 5.41) is 4.63. The molecule has 2 aromatic carbocycles. The van der Waals surface area contributed by atoms with Gasteiger partial charge in [0.25, 0.3) is 0 Å². The first-order valence-corrected chi connectivity index (χ1v) is 8.76. The summed E-state index contributed by atoms with van der Waals surface area (Å²) < 4.78 is 53.1. The first kappa shape index (κ1) is 20.1. The summed E-state index contributed by atoms with van der Waals surface area (Å²) in [7, 11) is 0. The lowest BCUT2D eigenvalue weighted by Crippen LogP contribution is -2.46. The van der Waals surface area contributed by atoms with E-state index >= 15 is 0 Å². The molecule has 1 saturated heterocycles. The van der Waals surface area contributed by atoms with Crippen LogP contribution in [-0.2, 0) is 15.8 Å². The highest BCUT2D eigenvalue weighted by Crippen LogP contribution is 2.36. The van der Waals surface area contributed by atoms with Gasteiger partial charge in [-0.25, -0.2) is 4.39 Å². The van der Waals surface area contributed by atoms with E-state index in [9.17, 15) is 27.2 Å². The number of amides is 2. The van der Waals surface area contributed by atoms with Crippen LogP contribution in [0, 0.1) is 11.7 Å². The van der Waals surface area contributed by atoms with Crippen molar-refractivity contribution in [3.05, 3.63) is 64.4 Å². The van der Waals surface area contributed by atoms with Crippen molar-refractivity contribution in [2.45, 2.75) is 18.5 Å². The zero-order valence-corrected chi connectivity index (χ0v) is 15.1. The maximum atomic E-state index is 14.1. The van der Waals surface area contributed by atoms with E-state index < -0.39 is 41.2 Å². The summed E-state index contributed by atoms with van der Waals surface area (Å²) in [5.74, 6) is -4.40. The number of rotatable bonds is 3. The zero-order valence-electron chi connectivity index (χ0n) is 14.3. The standard InChI is InChI=1S/C19H15ClF4N2O2/c20-13-5-2-6-14(16(13)21)26-18(28)15-12(7-8-25-17(15)27)10-3-1-4-11(9-10)19(22,23)24/h1-6,9,12,15H,7-8H2,(H,25,27)(H,26,28). The summed E-state index contributed by atoms with van der Waals surface area (Å²) in [4.78, 5) is 25.0. The molecule has 0 bridgehead atoms. The van der Waals surface area contributed by atoms with Crippen LogP contribution in [0.4, 0.5) is 23.2 Å². The smallest absolute Gasteiger partial charge is 0.355 e. The second-order valence-corrected chi connectivity index (χ2v) is 6.78. The van der Waals surface area contributed by atoms with Crippen LogP contribution in [-0.4, -0.2) is 18.4 Å². The normalized spacial score (nSPS) is 19.8. The molecule has 0 spiro atoms. The Morgan fingerprint density at radius 2 is 1.89 bits per heavy atom. The molecule has 1 fully saturated rings. The van der Waals surface area contributed by atoms with Gasteiger partial charge in [-0.1, -0.05) is 35.9 Å². The van der Waals surface area contributed by atoms with Crippen molar-refractivity contribution in [1.82, 2.24) is 5.32 Å². The molecule has 2 unspecified atom stereocenters. The quantitative estimate of drug-likeness (QED) is 0.579. The molecule has 9 heteroatoms. The SMILES string of the molecule is O=C1NCCC(c2cccc(C(F)(F)F)c2)C1C(=O)Nc1cccc(Cl)c1F. The molecular weight excluding hydrogens is 400 g/mol. The van der Waals surface area contributed by atoms with Crippen LogP contribution >= 0.6 is 11.6 Å². The molecule has 1 aliphatic rings. The van der Waals surface area contributed by atoms with Gasteiger partial charge in [-0.2, -0.15) is 13.2 Å². The van der Waals surface area contributed by atoms with Crippen molar-refractivity contribution in [2.24, 2.45) is 5.92 Å². The summed E-state index contributed by atoms with van der Waals surface area (Å²) in [6, 6.07) is 8.53. The van der Waals surface area contributed by atoms with Gasteiger partial charge in [0.1, 0.15) is 5.92 Å². The third-order valence-electron chi connectivity index (χ3n) is 4.57. The molecule has 1 aliphatic heterocycles. The van der Waals surface area contributed by atoms with E-state index in [0.717, 1.165) is 12.1 Å². The molecule has 3 rings (SSSR count). The number of hydrogen-bond donors (Lipinski definition) is 2. The van der Waals surface area contributed by atoms with Crippen LogP contribution in [0.1, 0.15) is 23.5 Å². The third-order valence-corrected chi connectivity index (χ3v) is 4.87. The number of carbonyl (C=O) groups is 2. The minimum atomic E-state index is -4.55. The molecule has 148 valence electrons. The van der Waals surface area contributed by atoms with E-state index in [2.05, 4.69) is 10.6 Å². The Balaban J connectivity index is 1.92. The molecule has 0 radical (unpaired) electrons. The van der Waals surface area contributed by atoms with Gasteiger partial charge in [0, 0.05) is 12.5 Å². The maximum absolute atomic E-state index is 14.1. The predicted molar refractivity (Wildman–Crippen MR) is 95.3 cm³/mol. The Morgan fingerprint density at radius 1 is 1.18 bits per heavy atom. The molecule has 28 heavy (non-hydrogen) atoms. The first-order valence-electron chi connectivity index (χ1n) is 8.38. The molecule has 0 saturated carbocycles. The van der Waals surface area contributed by atoms with Crippen LogP contribution < -0.4 is 10.6 Å². The van der Waals surface area contributed by atoms with Crippen molar-refractivity contribution in [3.63, 3.8) is 0 Å². The van der Waals surface area contributed by atoms with Gasteiger partial charge in [-0.15, -0.1) is 0 Å². The summed E-state index contributed by atoms with van der Waals surface area (Å²) in [5.41, 5.74) is -0.855. The van der Waals surface area contributed by atoms with E-state index in [1.165, 1.54) is 30.3 Å². The number of halogens is 5. The molecule has 0 aliphatic carbocycles. The lowest BCUT2D eigenvalue weighted by molar-refractivity contribution is -0.137. The van der Waals surface area contributed by atoms with Crippen LogP contribution in [0.15, 0.2) is 42.5 Å². The second-order valence-electron chi connectivity index (χ2n) is 6.38. The molecular formula is C19H15ClF4N2O2. The fourth-order valence-corrected chi connectivity index (χ4v) is 3.40. The molecule has 0 aromatic heterocycles. The summed E-state index contributed by atoms with van der Waals surface area (Å²) in [6.07, 6.45) is -4.28. The van der Waals surface area contributed by atoms with E-state index in [0.29, 0.717) is 0 Å². The second kappa shape index (κ2) is 7.79. The number of hydrogen-bond acceptors (Lipinski definition) is 2. The van der Waals surface area contributed by atoms with Gasteiger partial charge in [0.05, 0.1) is 16.3 Å². The Labute approximate surface area is 162 Å². The van der Waals surface area contributed by atoms with Crippen molar-refractivity contribution in [2.75, 3.05) is 11.9 Å². The monoisotopic (exact) mass is 414 g/mol. The van der Waals surface area contributed by atoms with E-state index in [1.807, 2.05) is 0 Å². The van der Waals surface area contributed by atoms with Crippen molar-refractivity contribution < 1.29 is 27.2 Å². The van der Waals surface area contributed by atoms with Gasteiger partial charge in [0.15, 0.2) is 5.82 Å². The van der Waals surface area contributed by atoms with Crippen molar-refractivity contribution in [3.8, 4) is 0 Å². The Hall–Kier alpha value is -2.61. The number of alkyl halides is 3.